The Morgan fingerprint density at radius 3 is 2.94 bits per heavy atom. The summed E-state index contributed by atoms with van der Waals surface area (Å²) < 4.78 is 5.32. The van der Waals surface area contributed by atoms with Gasteiger partial charge in [-0.3, -0.25) is 4.84 Å². The fourth-order valence-electron chi connectivity index (χ4n) is 1.51. The van der Waals surface area contributed by atoms with Crippen molar-refractivity contribution in [3.8, 4) is 0 Å². The molecule has 1 heterocycles. The number of amides is 2. The Kier molecular flexibility index (Phi) is 5.00. The lowest BCUT2D eigenvalue weighted by Gasteiger charge is -2.27. The van der Waals surface area contributed by atoms with Gasteiger partial charge in [0.15, 0.2) is 6.61 Å². The maximum Gasteiger partial charge on any atom is 0.338 e. The van der Waals surface area contributed by atoms with Crippen molar-refractivity contribution in [2.75, 3.05) is 13.2 Å². The van der Waals surface area contributed by atoms with E-state index in [0.717, 1.165) is 12.8 Å². The molecule has 0 aromatic rings. The summed E-state index contributed by atoms with van der Waals surface area (Å²) in [6, 6.07) is -0.488. The third-order valence-electron chi connectivity index (χ3n) is 2.18. The number of ether oxygens (including phenoxy) is 1. The summed E-state index contributed by atoms with van der Waals surface area (Å²) in [5.41, 5.74) is 2.00. The number of hydrogen-bond donors (Lipinski definition) is 3. The minimum Gasteiger partial charge on any atom is -0.479 e. The highest BCUT2D eigenvalue weighted by Gasteiger charge is 2.20. The summed E-state index contributed by atoms with van der Waals surface area (Å²) in [6.07, 6.45) is 1.61. The molecule has 2 unspecified atom stereocenters. The first-order valence-corrected chi connectivity index (χ1v) is 5.09. The van der Waals surface area contributed by atoms with Gasteiger partial charge in [-0.15, -0.1) is 0 Å². The van der Waals surface area contributed by atoms with E-state index in [4.69, 9.17) is 9.84 Å². The molecule has 0 saturated carbocycles. The molecule has 0 bridgehead atoms. The third-order valence-corrected chi connectivity index (χ3v) is 2.18. The topological polar surface area (TPSA) is 96.9 Å². The Morgan fingerprint density at radius 2 is 2.31 bits per heavy atom. The monoisotopic (exact) mass is 232 g/mol. The maximum atomic E-state index is 11.2. The average Bonchev–Trinajstić information content (AvgIpc) is 2.16. The van der Waals surface area contributed by atoms with E-state index in [1.165, 1.54) is 0 Å². The van der Waals surface area contributed by atoms with Gasteiger partial charge >= 0.3 is 12.0 Å². The van der Waals surface area contributed by atoms with Crippen molar-refractivity contribution in [2.24, 2.45) is 0 Å². The normalized spacial score (nSPS) is 24.8. The summed E-state index contributed by atoms with van der Waals surface area (Å²) in [5, 5.41) is 10.9. The average molecular weight is 232 g/mol. The van der Waals surface area contributed by atoms with Gasteiger partial charge in [-0.2, -0.15) is 0 Å². The van der Waals surface area contributed by atoms with Crippen LogP contribution in [0.1, 0.15) is 19.8 Å². The number of aliphatic carboxylic acids is 1. The molecular weight excluding hydrogens is 216 g/mol. The molecular formula is C9H16N2O5. The molecule has 1 saturated heterocycles. The molecule has 1 aliphatic rings. The molecule has 7 nitrogen and oxygen atoms in total. The van der Waals surface area contributed by atoms with Gasteiger partial charge in [0.05, 0.1) is 6.10 Å². The van der Waals surface area contributed by atoms with E-state index in [1.807, 2.05) is 12.4 Å². The van der Waals surface area contributed by atoms with Gasteiger partial charge in [-0.1, -0.05) is 0 Å². The Labute approximate surface area is 93.1 Å². The molecule has 0 spiro atoms. The molecule has 1 rings (SSSR count). The summed E-state index contributed by atoms with van der Waals surface area (Å²) in [5.74, 6) is -1.14. The van der Waals surface area contributed by atoms with E-state index in [1.54, 1.807) is 0 Å². The molecule has 2 amide bonds. The lowest BCUT2D eigenvalue weighted by Crippen LogP contribution is -2.46. The van der Waals surface area contributed by atoms with Crippen molar-refractivity contribution < 1.29 is 24.3 Å². The van der Waals surface area contributed by atoms with Crippen LogP contribution in [0.4, 0.5) is 4.79 Å². The minimum absolute atomic E-state index is 0.0391. The largest absolute Gasteiger partial charge is 0.479 e. The summed E-state index contributed by atoms with van der Waals surface area (Å²) in [4.78, 5) is 25.8. The predicted molar refractivity (Wildman–Crippen MR) is 53.7 cm³/mol. The second-order valence-electron chi connectivity index (χ2n) is 3.66. The van der Waals surface area contributed by atoms with Gasteiger partial charge in [-0.05, 0) is 19.8 Å². The van der Waals surface area contributed by atoms with Crippen molar-refractivity contribution in [1.82, 2.24) is 10.8 Å². The quantitative estimate of drug-likeness (QED) is 0.587. The van der Waals surface area contributed by atoms with Crippen LogP contribution in [0.3, 0.4) is 0 Å². The van der Waals surface area contributed by atoms with E-state index < -0.39 is 18.6 Å². The first kappa shape index (κ1) is 12.7. The highest BCUT2D eigenvalue weighted by atomic mass is 16.7. The number of nitrogens with one attached hydrogen (secondary N) is 2. The van der Waals surface area contributed by atoms with Crippen molar-refractivity contribution in [1.29, 1.82) is 0 Å². The van der Waals surface area contributed by atoms with Crippen LogP contribution in [0, 0.1) is 0 Å². The second-order valence-corrected chi connectivity index (χ2v) is 3.66. The van der Waals surface area contributed by atoms with Crippen LogP contribution in [0.25, 0.3) is 0 Å². The first-order chi connectivity index (χ1) is 7.58. The van der Waals surface area contributed by atoms with Crippen LogP contribution in [0.5, 0.6) is 0 Å². The van der Waals surface area contributed by atoms with Crippen LogP contribution < -0.4 is 10.8 Å². The first-order valence-electron chi connectivity index (χ1n) is 5.09. The SMILES string of the molecule is CC1CC(NC(=O)NOCC(=O)O)CCO1. The fourth-order valence-corrected chi connectivity index (χ4v) is 1.51. The molecule has 0 aromatic heterocycles. The number of hydrogen-bond acceptors (Lipinski definition) is 4. The number of carboxylic acid groups (broad SMARTS) is 1. The van der Waals surface area contributed by atoms with Crippen molar-refractivity contribution in [2.45, 2.75) is 31.9 Å². The molecule has 7 heteroatoms. The fraction of sp³-hybridized carbons (Fsp3) is 0.778. The van der Waals surface area contributed by atoms with Gasteiger partial charge < -0.3 is 15.2 Å². The number of carbonyl (C=O) groups is 2. The molecule has 2 atom stereocenters. The van der Waals surface area contributed by atoms with E-state index in [2.05, 4.69) is 10.2 Å². The number of rotatable bonds is 4. The summed E-state index contributed by atoms with van der Waals surface area (Å²) >= 11 is 0. The highest BCUT2D eigenvalue weighted by Crippen LogP contribution is 2.12. The van der Waals surface area contributed by atoms with Crippen molar-refractivity contribution >= 4 is 12.0 Å². The van der Waals surface area contributed by atoms with E-state index in [0.29, 0.717) is 6.61 Å². The lowest BCUT2D eigenvalue weighted by molar-refractivity contribution is -0.144. The number of urea groups is 1. The van der Waals surface area contributed by atoms with Gasteiger partial charge in [0.25, 0.3) is 0 Å². The predicted octanol–water partition coefficient (Wildman–Crippen LogP) is -0.131. The molecule has 92 valence electrons. The molecule has 3 N–H and O–H groups in total. The number of carbonyl (C=O) groups excluding carboxylic acids is 1. The van der Waals surface area contributed by atoms with E-state index in [9.17, 15) is 9.59 Å². The molecule has 0 aromatic carbocycles. The van der Waals surface area contributed by atoms with Crippen molar-refractivity contribution in [3.63, 3.8) is 0 Å². The number of carboxylic acids is 1. The Bertz CT molecular complexity index is 258. The van der Waals surface area contributed by atoms with Crippen LogP contribution >= 0.6 is 0 Å². The molecule has 1 aliphatic heterocycles. The van der Waals surface area contributed by atoms with E-state index in [-0.39, 0.29) is 12.1 Å². The van der Waals surface area contributed by atoms with Crippen LogP contribution in [0.15, 0.2) is 0 Å². The standard InChI is InChI=1S/C9H16N2O5/c1-6-4-7(2-3-15-6)10-9(14)11-16-5-8(12)13/h6-7H,2-5H2,1H3,(H,12,13)(H2,10,11,14). The third kappa shape index (κ3) is 4.94. The smallest absolute Gasteiger partial charge is 0.338 e. The van der Waals surface area contributed by atoms with Crippen LogP contribution in [-0.2, 0) is 14.4 Å². The lowest BCUT2D eigenvalue weighted by atomic mass is 10.0. The van der Waals surface area contributed by atoms with Gasteiger partial charge in [0.1, 0.15) is 0 Å². The van der Waals surface area contributed by atoms with Crippen LogP contribution in [0.2, 0.25) is 0 Å². The van der Waals surface area contributed by atoms with Gasteiger partial charge in [0, 0.05) is 12.6 Å². The minimum atomic E-state index is -1.14. The summed E-state index contributed by atoms with van der Waals surface area (Å²) in [7, 11) is 0. The van der Waals surface area contributed by atoms with Gasteiger partial charge in [-0.25, -0.2) is 15.1 Å². The molecule has 0 aliphatic carbocycles. The van der Waals surface area contributed by atoms with Crippen molar-refractivity contribution in [3.05, 3.63) is 0 Å². The summed E-state index contributed by atoms with van der Waals surface area (Å²) in [6.45, 7) is 1.99. The van der Waals surface area contributed by atoms with Gasteiger partial charge in [0.2, 0.25) is 0 Å². The zero-order valence-electron chi connectivity index (χ0n) is 9.06. The maximum absolute atomic E-state index is 11.2. The zero-order valence-corrected chi connectivity index (χ0v) is 9.06. The molecule has 0 radical (unpaired) electrons. The number of hydroxylamine groups is 1. The van der Waals surface area contributed by atoms with Crippen LogP contribution in [-0.4, -0.2) is 42.5 Å². The second kappa shape index (κ2) is 6.29. The molecule has 16 heavy (non-hydrogen) atoms. The Hall–Kier alpha value is -1.34. The highest BCUT2D eigenvalue weighted by molar-refractivity contribution is 5.73. The van der Waals surface area contributed by atoms with E-state index >= 15 is 0 Å². The Morgan fingerprint density at radius 1 is 1.56 bits per heavy atom. The zero-order chi connectivity index (χ0) is 12.0. The molecule has 1 fully saturated rings. The Balaban J connectivity index is 2.15.